The molecular weight excluding hydrogens is 261 g/mol. The minimum atomic E-state index is -1.98. The predicted octanol–water partition coefficient (Wildman–Crippen LogP) is 1.33. The van der Waals surface area contributed by atoms with Gasteiger partial charge in [-0.25, -0.2) is 9.35 Å². The van der Waals surface area contributed by atoms with Crippen molar-refractivity contribution in [2.45, 2.75) is 5.44 Å². The van der Waals surface area contributed by atoms with Gasteiger partial charge in [0.1, 0.15) is 11.0 Å². The van der Waals surface area contributed by atoms with Crippen LogP contribution in [0.25, 0.3) is 0 Å². The quantitative estimate of drug-likeness (QED) is 0.811. The van der Waals surface area contributed by atoms with E-state index in [0.717, 1.165) is 0 Å². The Morgan fingerprint density at radius 1 is 1.53 bits per heavy atom. The highest BCUT2D eigenvalue weighted by Crippen LogP contribution is 2.25. The molecule has 0 aromatic heterocycles. The number of halogens is 2. The molecule has 7 heteroatoms. The first-order chi connectivity index (χ1) is 6.93. The Labute approximate surface area is 98.6 Å². The van der Waals surface area contributed by atoms with Gasteiger partial charge in [-0.15, -0.1) is 0 Å². The van der Waals surface area contributed by atoms with Crippen LogP contribution in [0.1, 0.15) is 21.4 Å². The number of benzene rings is 1. The van der Waals surface area contributed by atoms with E-state index in [1.165, 1.54) is 18.2 Å². The zero-order valence-electron chi connectivity index (χ0n) is 7.31. The lowest BCUT2D eigenvalue weighted by molar-refractivity contribution is 0.108. The molecule has 2 atom stereocenters. The lowest BCUT2D eigenvalue weighted by Crippen LogP contribution is -2.14. The van der Waals surface area contributed by atoms with Gasteiger partial charge in [-0.2, -0.15) is 0 Å². The average molecular weight is 268 g/mol. The Morgan fingerprint density at radius 3 is 2.60 bits per heavy atom. The van der Waals surface area contributed by atoms with Crippen LogP contribution in [0.15, 0.2) is 18.2 Å². The molecule has 4 nitrogen and oxygen atoms in total. The third-order valence-electron chi connectivity index (χ3n) is 1.71. The van der Waals surface area contributed by atoms with Gasteiger partial charge in [0.25, 0.3) is 5.24 Å². The van der Waals surface area contributed by atoms with Gasteiger partial charge in [0, 0.05) is 16.1 Å². The molecule has 1 aromatic rings. The second-order valence-corrected chi connectivity index (χ2v) is 4.54. The highest BCUT2D eigenvalue weighted by atomic mass is 35.5. The van der Waals surface area contributed by atoms with Crippen LogP contribution in [0.5, 0.6) is 0 Å². The SMILES string of the molecule is NS(=O)C(O)c1cc(C(=O)Cl)ccc1Cl. The zero-order chi connectivity index (χ0) is 11.6. The van der Waals surface area contributed by atoms with E-state index in [9.17, 15) is 14.1 Å². The molecule has 0 heterocycles. The standard InChI is InChI=1S/C8H7Cl2NO3S/c9-6-2-1-4(7(10)12)3-5(6)8(13)15(11)14/h1-3,8,13H,11H2. The Hall–Kier alpha value is -0.460. The molecule has 1 rings (SSSR count). The largest absolute Gasteiger partial charge is 0.374 e. The fourth-order valence-electron chi connectivity index (χ4n) is 0.980. The summed E-state index contributed by atoms with van der Waals surface area (Å²) in [5, 5.41) is 13.9. The van der Waals surface area contributed by atoms with Crippen molar-refractivity contribution in [3.63, 3.8) is 0 Å². The molecule has 0 aliphatic rings. The van der Waals surface area contributed by atoms with E-state index < -0.39 is 21.7 Å². The molecule has 0 aliphatic carbocycles. The maximum absolute atomic E-state index is 10.8. The van der Waals surface area contributed by atoms with E-state index in [2.05, 4.69) is 0 Å². The minimum absolute atomic E-state index is 0.115. The third kappa shape index (κ3) is 2.99. The molecule has 82 valence electrons. The van der Waals surface area contributed by atoms with Gasteiger partial charge in [0.05, 0.1) is 0 Å². The van der Waals surface area contributed by atoms with Gasteiger partial charge in [0.2, 0.25) is 0 Å². The summed E-state index contributed by atoms with van der Waals surface area (Å²) >= 11 is 11.0. The Balaban J connectivity index is 3.22. The van der Waals surface area contributed by atoms with E-state index in [4.69, 9.17) is 28.3 Å². The lowest BCUT2D eigenvalue weighted by atomic mass is 10.1. The second-order valence-electron chi connectivity index (χ2n) is 2.69. The van der Waals surface area contributed by atoms with E-state index >= 15 is 0 Å². The van der Waals surface area contributed by atoms with Crippen LogP contribution in [0.3, 0.4) is 0 Å². The van der Waals surface area contributed by atoms with Gasteiger partial charge in [-0.1, -0.05) is 11.6 Å². The van der Waals surface area contributed by atoms with Crippen LogP contribution >= 0.6 is 23.2 Å². The summed E-state index contributed by atoms with van der Waals surface area (Å²) in [5.74, 6) is 0. The maximum Gasteiger partial charge on any atom is 0.252 e. The minimum Gasteiger partial charge on any atom is -0.374 e. The highest BCUT2D eigenvalue weighted by Gasteiger charge is 2.17. The number of rotatable bonds is 3. The molecule has 0 spiro atoms. The van der Waals surface area contributed by atoms with Gasteiger partial charge >= 0.3 is 0 Å². The summed E-state index contributed by atoms with van der Waals surface area (Å²) in [4.78, 5) is 10.8. The fraction of sp³-hybridized carbons (Fsp3) is 0.125. The number of nitrogens with two attached hydrogens (primary N) is 1. The van der Waals surface area contributed by atoms with E-state index in [1.54, 1.807) is 0 Å². The maximum atomic E-state index is 10.8. The predicted molar refractivity (Wildman–Crippen MR) is 58.9 cm³/mol. The lowest BCUT2D eigenvalue weighted by Gasteiger charge is -2.10. The van der Waals surface area contributed by atoms with E-state index in [0.29, 0.717) is 0 Å². The van der Waals surface area contributed by atoms with Crippen LogP contribution in [-0.4, -0.2) is 14.6 Å². The average Bonchev–Trinajstić information content (AvgIpc) is 2.16. The summed E-state index contributed by atoms with van der Waals surface area (Å²) in [5.41, 5.74) is -1.17. The number of carbonyl (C=O) groups excluding carboxylic acids is 1. The Bertz CT molecular complexity index is 424. The smallest absolute Gasteiger partial charge is 0.252 e. The molecule has 0 saturated carbocycles. The van der Waals surface area contributed by atoms with Crippen molar-refractivity contribution in [2.24, 2.45) is 5.14 Å². The van der Waals surface area contributed by atoms with Gasteiger partial charge in [-0.05, 0) is 29.8 Å². The topological polar surface area (TPSA) is 80.4 Å². The van der Waals surface area contributed by atoms with Crippen molar-refractivity contribution in [1.29, 1.82) is 0 Å². The first-order valence-electron chi connectivity index (χ1n) is 3.76. The van der Waals surface area contributed by atoms with Crippen LogP contribution in [0.4, 0.5) is 0 Å². The van der Waals surface area contributed by atoms with Crippen LogP contribution in [-0.2, 0) is 11.0 Å². The van der Waals surface area contributed by atoms with Crippen LogP contribution in [0.2, 0.25) is 5.02 Å². The summed E-state index contributed by atoms with van der Waals surface area (Å²) in [7, 11) is -1.98. The number of hydrogen-bond donors (Lipinski definition) is 2. The first kappa shape index (κ1) is 12.6. The monoisotopic (exact) mass is 267 g/mol. The molecule has 15 heavy (non-hydrogen) atoms. The summed E-state index contributed by atoms with van der Waals surface area (Å²) < 4.78 is 10.8. The molecule has 2 unspecified atom stereocenters. The summed E-state index contributed by atoms with van der Waals surface area (Å²) in [6, 6.07) is 4.03. The molecule has 0 saturated heterocycles. The fourth-order valence-corrected chi connectivity index (χ4v) is 1.83. The summed E-state index contributed by atoms with van der Waals surface area (Å²) in [6.45, 7) is 0. The Morgan fingerprint density at radius 2 is 2.13 bits per heavy atom. The number of hydrogen-bond acceptors (Lipinski definition) is 3. The van der Waals surface area contributed by atoms with Crippen molar-refractivity contribution in [1.82, 2.24) is 0 Å². The van der Waals surface area contributed by atoms with Crippen molar-refractivity contribution in [3.8, 4) is 0 Å². The van der Waals surface area contributed by atoms with Gasteiger partial charge in [-0.3, -0.25) is 4.79 Å². The molecule has 3 N–H and O–H groups in total. The molecule has 0 radical (unpaired) electrons. The molecule has 0 amide bonds. The van der Waals surface area contributed by atoms with Crippen molar-refractivity contribution in [2.75, 3.05) is 0 Å². The normalized spacial score (nSPS) is 14.7. The van der Waals surface area contributed by atoms with Crippen molar-refractivity contribution in [3.05, 3.63) is 34.3 Å². The number of aliphatic hydroxyl groups excluding tert-OH is 1. The van der Waals surface area contributed by atoms with Crippen LogP contribution in [0, 0.1) is 0 Å². The number of aliphatic hydroxyl groups is 1. The zero-order valence-corrected chi connectivity index (χ0v) is 9.64. The van der Waals surface area contributed by atoms with E-state index in [-0.39, 0.29) is 16.1 Å². The summed E-state index contributed by atoms with van der Waals surface area (Å²) in [6.07, 6.45) is 0. The van der Waals surface area contributed by atoms with Crippen molar-refractivity contribution < 1.29 is 14.1 Å². The second kappa shape index (κ2) is 5.05. The molecule has 0 bridgehead atoms. The van der Waals surface area contributed by atoms with Crippen LogP contribution < -0.4 is 5.14 Å². The van der Waals surface area contributed by atoms with Gasteiger partial charge < -0.3 is 5.11 Å². The molecule has 0 aliphatic heterocycles. The third-order valence-corrected chi connectivity index (χ3v) is 2.97. The van der Waals surface area contributed by atoms with Crippen molar-refractivity contribution >= 4 is 39.4 Å². The molecule has 0 fully saturated rings. The molecule has 1 aromatic carbocycles. The van der Waals surface area contributed by atoms with E-state index in [1.807, 2.05) is 0 Å². The first-order valence-corrected chi connectivity index (χ1v) is 5.79. The Kier molecular flexibility index (Phi) is 4.24. The highest BCUT2D eigenvalue weighted by molar-refractivity contribution is 7.82. The number of carbonyl (C=O) groups is 1. The van der Waals surface area contributed by atoms with Gasteiger partial charge in [0.15, 0.2) is 5.44 Å². The molecular formula is C8H7Cl2NO3S.